The van der Waals surface area contributed by atoms with Crippen molar-refractivity contribution in [3.63, 3.8) is 0 Å². The molecule has 1 saturated heterocycles. The summed E-state index contributed by atoms with van der Waals surface area (Å²) in [6.45, 7) is 2.07. The first kappa shape index (κ1) is 14.4. The second kappa shape index (κ2) is 6.94. The lowest BCUT2D eigenvalue weighted by Crippen LogP contribution is -2.31. The number of hydrogen-bond acceptors (Lipinski definition) is 5. The Morgan fingerprint density at radius 3 is 2.50 bits per heavy atom. The van der Waals surface area contributed by atoms with Crippen LogP contribution in [0.1, 0.15) is 44.9 Å². The minimum atomic E-state index is 0.328. The van der Waals surface area contributed by atoms with Crippen molar-refractivity contribution in [1.82, 2.24) is 15.0 Å². The van der Waals surface area contributed by atoms with E-state index >= 15 is 0 Å². The van der Waals surface area contributed by atoms with Crippen molar-refractivity contribution in [2.45, 2.75) is 50.1 Å². The summed E-state index contributed by atoms with van der Waals surface area (Å²) in [5, 5.41) is 1.12. The highest BCUT2D eigenvalue weighted by Gasteiger charge is 2.18. The van der Waals surface area contributed by atoms with Gasteiger partial charge in [0.25, 0.3) is 0 Å². The topological polar surface area (TPSA) is 41.9 Å². The quantitative estimate of drug-likeness (QED) is 0.791. The highest BCUT2D eigenvalue weighted by atomic mass is 35.5. The lowest BCUT2D eigenvalue weighted by atomic mass is 10.1. The average Bonchev–Trinajstić information content (AvgIpc) is 2.99. The standard InChI is InChI=1S/C14H21ClN4S/c15-12-16-13(19-8-4-1-5-9-19)18-14(17-12)20-10-11-6-2-3-7-11/h11H,1-10H2. The third kappa shape index (κ3) is 3.76. The Bertz CT molecular complexity index is 445. The minimum Gasteiger partial charge on any atom is -0.341 e. The lowest BCUT2D eigenvalue weighted by molar-refractivity contribution is 0.564. The van der Waals surface area contributed by atoms with Gasteiger partial charge in [0.2, 0.25) is 11.2 Å². The largest absolute Gasteiger partial charge is 0.341 e. The first-order chi connectivity index (χ1) is 9.81. The van der Waals surface area contributed by atoms with Crippen LogP contribution in [0.15, 0.2) is 5.16 Å². The highest BCUT2D eigenvalue weighted by Crippen LogP contribution is 2.30. The van der Waals surface area contributed by atoms with Crippen LogP contribution >= 0.6 is 23.4 Å². The van der Waals surface area contributed by atoms with Gasteiger partial charge in [-0.15, -0.1) is 0 Å². The molecule has 110 valence electrons. The van der Waals surface area contributed by atoms with Gasteiger partial charge in [0.05, 0.1) is 0 Å². The van der Waals surface area contributed by atoms with E-state index in [9.17, 15) is 0 Å². The zero-order valence-corrected chi connectivity index (χ0v) is 13.3. The summed E-state index contributed by atoms with van der Waals surface area (Å²) in [5.74, 6) is 2.70. The van der Waals surface area contributed by atoms with E-state index in [0.29, 0.717) is 5.28 Å². The highest BCUT2D eigenvalue weighted by molar-refractivity contribution is 7.99. The van der Waals surface area contributed by atoms with E-state index in [1.165, 1.54) is 44.9 Å². The van der Waals surface area contributed by atoms with E-state index in [-0.39, 0.29) is 0 Å². The van der Waals surface area contributed by atoms with Crippen molar-refractivity contribution >= 4 is 29.3 Å². The molecule has 0 aromatic carbocycles. The van der Waals surface area contributed by atoms with Crippen LogP contribution in [-0.2, 0) is 0 Å². The van der Waals surface area contributed by atoms with Crippen molar-refractivity contribution in [1.29, 1.82) is 0 Å². The van der Waals surface area contributed by atoms with Crippen LogP contribution in [0.4, 0.5) is 5.95 Å². The van der Waals surface area contributed by atoms with E-state index in [0.717, 1.165) is 35.9 Å². The lowest BCUT2D eigenvalue weighted by Gasteiger charge is -2.26. The Hall–Kier alpha value is -0.550. The molecule has 0 amide bonds. The number of aromatic nitrogens is 3. The average molecular weight is 313 g/mol. The molecule has 20 heavy (non-hydrogen) atoms. The fraction of sp³-hybridized carbons (Fsp3) is 0.786. The molecule has 1 aromatic rings. The van der Waals surface area contributed by atoms with Crippen molar-refractivity contribution < 1.29 is 0 Å². The Balaban J connectivity index is 1.65. The van der Waals surface area contributed by atoms with Gasteiger partial charge in [-0.3, -0.25) is 0 Å². The maximum Gasteiger partial charge on any atom is 0.230 e. The van der Waals surface area contributed by atoms with Crippen LogP contribution in [-0.4, -0.2) is 33.8 Å². The van der Waals surface area contributed by atoms with E-state index in [1.54, 1.807) is 11.8 Å². The van der Waals surface area contributed by atoms with Gasteiger partial charge in [-0.05, 0) is 49.6 Å². The van der Waals surface area contributed by atoms with Crippen molar-refractivity contribution in [2.75, 3.05) is 23.7 Å². The van der Waals surface area contributed by atoms with Gasteiger partial charge in [0, 0.05) is 18.8 Å². The first-order valence-corrected chi connectivity index (χ1v) is 8.97. The Labute approximate surface area is 129 Å². The maximum absolute atomic E-state index is 6.06. The molecule has 1 aromatic heterocycles. The second-order valence-electron chi connectivity index (χ2n) is 5.70. The Kier molecular flexibility index (Phi) is 4.99. The molecule has 2 aliphatic rings. The molecule has 2 heterocycles. The summed E-state index contributed by atoms with van der Waals surface area (Å²) in [5.41, 5.74) is 0. The molecule has 0 spiro atoms. The molecule has 0 radical (unpaired) electrons. The number of nitrogens with zero attached hydrogens (tertiary/aromatic N) is 4. The van der Waals surface area contributed by atoms with Gasteiger partial charge in [0.1, 0.15) is 0 Å². The molecule has 0 N–H and O–H groups in total. The van der Waals surface area contributed by atoms with Crippen LogP contribution in [0, 0.1) is 5.92 Å². The summed E-state index contributed by atoms with van der Waals surface area (Å²) < 4.78 is 0. The third-order valence-electron chi connectivity index (χ3n) is 4.14. The van der Waals surface area contributed by atoms with Gasteiger partial charge in [0.15, 0.2) is 5.16 Å². The van der Waals surface area contributed by atoms with E-state index in [2.05, 4.69) is 19.9 Å². The summed E-state index contributed by atoms with van der Waals surface area (Å²) in [6, 6.07) is 0. The van der Waals surface area contributed by atoms with E-state index < -0.39 is 0 Å². The predicted molar refractivity (Wildman–Crippen MR) is 83.6 cm³/mol. The number of piperidine rings is 1. The molecule has 0 unspecified atom stereocenters. The Morgan fingerprint density at radius 2 is 1.75 bits per heavy atom. The number of hydrogen-bond donors (Lipinski definition) is 0. The zero-order chi connectivity index (χ0) is 13.8. The Morgan fingerprint density at radius 1 is 1.00 bits per heavy atom. The summed E-state index contributed by atoms with van der Waals surface area (Å²) in [6.07, 6.45) is 9.19. The van der Waals surface area contributed by atoms with Crippen LogP contribution in [0.5, 0.6) is 0 Å². The van der Waals surface area contributed by atoms with Crippen LogP contribution < -0.4 is 4.90 Å². The molecule has 1 saturated carbocycles. The van der Waals surface area contributed by atoms with Crippen molar-refractivity contribution in [3.05, 3.63) is 5.28 Å². The van der Waals surface area contributed by atoms with Crippen molar-refractivity contribution in [3.8, 4) is 0 Å². The van der Waals surface area contributed by atoms with Crippen molar-refractivity contribution in [2.24, 2.45) is 5.92 Å². The summed E-state index contributed by atoms with van der Waals surface area (Å²) in [7, 11) is 0. The van der Waals surface area contributed by atoms with Gasteiger partial charge >= 0.3 is 0 Å². The molecule has 0 bridgehead atoms. The molecular weight excluding hydrogens is 292 g/mol. The number of anilines is 1. The molecule has 2 fully saturated rings. The van der Waals surface area contributed by atoms with Gasteiger partial charge in [-0.25, -0.2) is 0 Å². The number of halogens is 1. The predicted octanol–water partition coefficient (Wildman–Crippen LogP) is 3.80. The number of thioether (sulfide) groups is 1. The molecule has 6 heteroatoms. The fourth-order valence-electron chi connectivity index (χ4n) is 2.99. The maximum atomic E-state index is 6.06. The summed E-state index contributed by atoms with van der Waals surface area (Å²) >= 11 is 7.80. The van der Waals surface area contributed by atoms with E-state index in [1.807, 2.05) is 0 Å². The summed E-state index contributed by atoms with van der Waals surface area (Å²) in [4.78, 5) is 15.4. The first-order valence-electron chi connectivity index (χ1n) is 7.60. The van der Waals surface area contributed by atoms with Gasteiger partial charge < -0.3 is 4.90 Å². The normalized spacial score (nSPS) is 20.6. The smallest absolute Gasteiger partial charge is 0.230 e. The molecule has 1 aliphatic heterocycles. The van der Waals surface area contributed by atoms with Crippen LogP contribution in [0.2, 0.25) is 5.28 Å². The fourth-order valence-corrected chi connectivity index (χ4v) is 4.21. The number of rotatable bonds is 4. The molecule has 4 nitrogen and oxygen atoms in total. The van der Waals surface area contributed by atoms with Crippen LogP contribution in [0.3, 0.4) is 0 Å². The van der Waals surface area contributed by atoms with Gasteiger partial charge in [-0.1, -0.05) is 24.6 Å². The van der Waals surface area contributed by atoms with E-state index in [4.69, 9.17) is 11.6 Å². The van der Waals surface area contributed by atoms with Gasteiger partial charge in [-0.2, -0.15) is 15.0 Å². The molecule has 3 rings (SSSR count). The molecule has 1 aliphatic carbocycles. The second-order valence-corrected chi connectivity index (χ2v) is 7.02. The monoisotopic (exact) mass is 312 g/mol. The third-order valence-corrected chi connectivity index (χ3v) is 5.39. The zero-order valence-electron chi connectivity index (χ0n) is 11.7. The SMILES string of the molecule is Clc1nc(SCC2CCCC2)nc(N2CCCCC2)n1. The minimum absolute atomic E-state index is 0.328. The molecule has 0 atom stereocenters. The molecular formula is C14H21ClN4S. The van der Waals surface area contributed by atoms with Crippen LogP contribution in [0.25, 0.3) is 0 Å².